The molecule has 0 atom stereocenters. The van der Waals surface area contributed by atoms with E-state index < -0.39 is 18.0 Å². The summed E-state index contributed by atoms with van der Waals surface area (Å²) in [5.41, 5.74) is 1.20. The summed E-state index contributed by atoms with van der Waals surface area (Å²) in [6.07, 6.45) is -0.699. The van der Waals surface area contributed by atoms with Crippen LogP contribution in [0.4, 0.5) is 10.5 Å². The van der Waals surface area contributed by atoms with Crippen LogP contribution in [-0.2, 0) is 9.47 Å². The van der Waals surface area contributed by atoms with E-state index in [-0.39, 0.29) is 5.75 Å². The van der Waals surface area contributed by atoms with E-state index in [1.165, 1.54) is 31.4 Å². The molecule has 0 aliphatic heterocycles. The van der Waals surface area contributed by atoms with Gasteiger partial charge in [-0.15, -0.1) is 0 Å². The number of nitrogens with one attached hydrogen (secondary N) is 1. The summed E-state index contributed by atoms with van der Waals surface area (Å²) in [5, 5.41) is 2.53. The molecule has 0 saturated carbocycles. The van der Waals surface area contributed by atoms with Gasteiger partial charge in [-0.2, -0.15) is 0 Å². The number of rotatable bonds is 5. The summed E-state index contributed by atoms with van der Waals surface area (Å²) < 4.78 is 14.6. The second-order valence-corrected chi connectivity index (χ2v) is 4.83. The number of carbonyl (C=O) groups is 3. The van der Waals surface area contributed by atoms with Crippen molar-refractivity contribution in [2.45, 2.75) is 6.92 Å². The maximum absolute atomic E-state index is 11.9. The molecule has 0 spiro atoms. The third-order valence-corrected chi connectivity index (χ3v) is 3.13. The van der Waals surface area contributed by atoms with Crippen molar-refractivity contribution in [2.24, 2.45) is 0 Å². The van der Waals surface area contributed by atoms with Crippen LogP contribution in [0.2, 0.25) is 0 Å². The summed E-state index contributed by atoms with van der Waals surface area (Å²) in [6, 6.07) is 12.1. The van der Waals surface area contributed by atoms with Crippen LogP contribution in [0.5, 0.6) is 5.75 Å². The number of hydrogen-bond donors (Lipinski definition) is 1. The lowest BCUT2D eigenvalue weighted by atomic mass is 10.2. The van der Waals surface area contributed by atoms with Crippen molar-refractivity contribution >= 4 is 23.7 Å². The van der Waals surface area contributed by atoms with Gasteiger partial charge in [-0.25, -0.2) is 14.4 Å². The van der Waals surface area contributed by atoms with Crippen LogP contribution in [0.1, 0.15) is 27.6 Å². The molecular formula is C18H17NO6. The second kappa shape index (κ2) is 8.49. The van der Waals surface area contributed by atoms with Gasteiger partial charge in [0.25, 0.3) is 0 Å². The zero-order chi connectivity index (χ0) is 18.2. The number of amides is 1. The molecule has 25 heavy (non-hydrogen) atoms. The van der Waals surface area contributed by atoms with Crippen LogP contribution in [0, 0.1) is 0 Å². The fourth-order valence-electron chi connectivity index (χ4n) is 1.93. The predicted octanol–water partition coefficient (Wildman–Crippen LogP) is 3.26. The van der Waals surface area contributed by atoms with Gasteiger partial charge < -0.3 is 14.2 Å². The number of hydrogen-bond acceptors (Lipinski definition) is 6. The molecule has 0 heterocycles. The monoisotopic (exact) mass is 343 g/mol. The maximum Gasteiger partial charge on any atom is 0.417 e. The third-order valence-electron chi connectivity index (χ3n) is 3.13. The van der Waals surface area contributed by atoms with Crippen molar-refractivity contribution in [3.8, 4) is 5.75 Å². The third kappa shape index (κ3) is 5.07. The molecule has 7 heteroatoms. The Balaban J connectivity index is 1.93. The lowest BCUT2D eigenvalue weighted by Crippen LogP contribution is -2.17. The van der Waals surface area contributed by atoms with Crippen LogP contribution >= 0.6 is 0 Å². The number of methoxy groups -OCH3 is 1. The van der Waals surface area contributed by atoms with Gasteiger partial charge in [0.2, 0.25) is 0 Å². The smallest absolute Gasteiger partial charge is 0.417 e. The Morgan fingerprint density at radius 3 is 2.00 bits per heavy atom. The van der Waals surface area contributed by atoms with Gasteiger partial charge >= 0.3 is 18.0 Å². The summed E-state index contributed by atoms with van der Waals surface area (Å²) in [5.74, 6) is -0.631. The molecule has 0 saturated heterocycles. The minimum Gasteiger partial charge on any atom is -0.465 e. The van der Waals surface area contributed by atoms with E-state index in [0.717, 1.165) is 0 Å². The molecule has 2 aromatic rings. The normalized spacial score (nSPS) is 9.84. The first-order chi connectivity index (χ1) is 12.0. The molecule has 2 rings (SSSR count). The molecule has 0 radical (unpaired) electrons. The van der Waals surface area contributed by atoms with Crippen LogP contribution in [0.3, 0.4) is 0 Å². The SMILES string of the molecule is CCOC(=O)c1ccc(NC(=O)Oc2ccc(C(=O)OC)cc2)cc1. The fourth-order valence-corrected chi connectivity index (χ4v) is 1.93. The van der Waals surface area contributed by atoms with Crippen molar-refractivity contribution in [2.75, 3.05) is 19.0 Å². The van der Waals surface area contributed by atoms with Crippen molar-refractivity contribution < 1.29 is 28.6 Å². The molecule has 0 aromatic heterocycles. The largest absolute Gasteiger partial charge is 0.465 e. The maximum atomic E-state index is 11.9. The number of carbonyl (C=O) groups excluding carboxylic acids is 3. The Hall–Kier alpha value is -3.35. The fraction of sp³-hybridized carbons (Fsp3) is 0.167. The highest BCUT2D eigenvalue weighted by Gasteiger charge is 2.09. The molecule has 2 aromatic carbocycles. The first-order valence-corrected chi connectivity index (χ1v) is 7.48. The second-order valence-electron chi connectivity index (χ2n) is 4.83. The van der Waals surface area contributed by atoms with E-state index in [4.69, 9.17) is 9.47 Å². The van der Waals surface area contributed by atoms with Gasteiger partial charge in [0, 0.05) is 5.69 Å². The van der Waals surface area contributed by atoms with Gasteiger partial charge in [0.15, 0.2) is 0 Å². The average Bonchev–Trinajstić information content (AvgIpc) is 2.62. The first-order valence-electron chi connectivity index (χ1n) is 7.48. The van der Waals surface area contributed by atoms with Crippen molar-refractivity contribution in [3.05, 3.63) is 59.7 Å². The quantitative estimate of drug-likeness (QED) is 0.838. The highest BCUT2D eigenvalue weighted by molar-refractivity contribution is 5.91. The van der Waals surface area contributed by atoms with E-state index in [9.17, 15) is 14.4 Å². The summed E-state index contributed by atoms with van der Waals surface area (Å²) in [6.45, 7) is 2.02. The van der Waals surface area contributed by atoms with E-state index in [0.29, 0.717) is 23.4 Å². The highest BCUT2D eigenvalue weighted by Crippen LogP contribution is 2.15. The summed E-state index contributed by atoms with van der Waals surface area (Å²) >= 11 is 0. The van der Waals surface area contributed by atoms with E-state index >= 15 is 0 Å². The zero-order valence-corrected chi connectivity index (χ0v) is 13.8. The van der Waals surface area contributed by atoms with Gasteiger partial charge in [-0.1, -0.05) is 0 Å². The molecule has 1 N–H and O–H groups in total. The van der Waals surface area contributed by atoms with Gasteiger partial charge in [0.1, 0.15) is 5.75 Å². The van der Waals surface area contributed by atoms with Crippen LogP contribution in [-0.4, -0.2) is 31.7 Å². The molecule has 0 bridgehead atoms. The standard InChI is InChI=1S/C18H17NO6/c1-3-24-17(21)13-4-8-14(9-5-13)19-18(22)25-15-10-6-12(7-11-15)16(20)23-2/h4-11H,3H2,1-2H3,(H,19,22). The minimum absolute atomic E-state index is 0.272. The van der Waals surface area contributed by atoms with Crippen LogP contribution in [0.25, 0.3) is 0 Å². The van der Waals surface area contributed by atoms with Gasteiger partial charge in [-0.05, 0) is 55.5 Å². The summed E-state index contributed by atoms with van der Waals surface area (Å²) in [7, 11) is 1.29. The first kappa shape index (κ1) is 18.0. The lowest BCUT2D eigenvalue weighted by molar-refractivity contribution is 0.0525. The van der Waals surface area contributed by atoms with Crippen molar-refractivity contribution in [3.63, 3.8) is 0 Å². The number of anilines is 1. The Labute approximate surface area is 144 Å². The molecule has 7 nitrogen and oxygen atoms in total. The van der Waals surface area contributed by atoms with Gasteiger partial charge in [0.05, 0.1) is 24.8 Å². The Kier molecular flexibility index (Phi) is 6.11. The predicted molar refractivity (Wildman–Crippen MR) is 89.8 cm³/mol. The molecule has 0 aliphatic rings. The summed E-state index contributed by atoms with van der Waals surface area (Å²) in [4.78, 5) is 34.7. The van der Waals surface area contributed by atoms with Crippen LogP contribution < -0.4 is 10.1 Å². The van der Waals surface area contributed by atoms with E-state index in [2.05, 4.69) is 10.1 Å². The lowest BCUT2D eigenvalue weighted by Gasteiger charge is -2.08. The van der Waals surface area contributed by atoms with E-state index in [1.54, 1.807) is 31.2 Å². The van der Waals surface area contributed by atoms with Crippen LogP contribution in [0.15, 0.2) is 48.5 Å². The molecule has 1 amide bonds. The Morgan fingerprint density at radius 1 is 0.880 bits per heavy atom. The van der Waals surface area contributed by atoms with Crippen molar-refractivity contribution in [1.29, 1.82) is 0 Å². The number of esters is 2. The van der Waals surface area contributed by atoms with Crippen molar-refractivity contribution in [1.82, 2.24) is 0 Å². The number of ether oxygens (including phenoxy) is 3. The Bertz CT molecular complexity index is 752. The molecular weight excluding hydrogens is 326 g/mol. The topological polar surface area (TPSA) is 90.9 Å². The minimum atomic E-state index is -0.699. The average molecular weight is 343 g/mol. The van der Waals surface area contributed by atoms with E-state index in [1.807, 2.05) is 0 Å². The molecule has 0 aliphatic carbocycles. The highest BCUT2D eigenvalue weighted by atomic mass is 16.6. The molecule has 0 fully saturated rings. The Morgan fingerprint density at radius 2 is 1.44 bits per heavy atom. The zero-order valence-electron chi connectivity index (χ0n) is 13.8. The molecule has 130 valence electrons. The number of benzene rings is 2. The molecule has 0 unspecified atom stereocenters. The van der Waals surface area contributed by atoms with Gasteiger partial charge in [-0.3, -0.25) is 5.32 Å².